The summed E-state index contributed by atoms with van der Waals surface area (Å²) in [6.07, 6.45) is 3.90. The second kappa shape index (κ2) is 7.42. The number of nitrogens with zero attached hydrogens (tertiary/aromatic N) is 2. The van der Waals surface area contributed by atoms with Crippen LogP contribution >= 0.6 is 11.6 Å². The molecule has 0 saturated heterocycles. The van der Waals surface area contributed by atoms with Crippen molar-refractivity contribution in [3.63, 3.8) is 0 Å². The third-order valence-electron chi connectivity index (χ3n) is 3.01. The van der Waals surface area contributed by atoms with Crippen molar-refractivity contribution in [1.82, 2.24) is 15.3 Å². The van der Waals surface area contributed by atoms with Gasteiger partial charge in [0, 0.05) is 17.1 Å². The molecule has 0 bridgehead atoms. The highest BCUT2D eigenvalue weighted by atomic mass is 35.5. The van der Waals surface area contributed by atoms with E-state index in [2.05, 4.69) is 20.6 Å². The molecule has 6 heteroatoms. The summed E-state index contributed by atoms with van der Waals surface area (Å²) in [5.41, 5.74) is 1.20. The predicted molar refractivity (Wildman–Crippen MR) is 92.9 cm³/mol. The number of rotatable bonds is 5. The first-order valence-corrected chi connectivity index (χ1v) is 7.84. The van der Waals surface area contributed by atoms with E-state index in [0.29, 0.717) is 11.5 Å². The van der Waals surface area contributed by atoms with Crippen LogP contribution in [0.25, 0.3) is 0 Å². The zero-order chi connectivity index (χ0) is 16.9. The lowest BCUT2D eigenvalue weighted by molar-refractivity contribution is 0.0914. The van der Waals surface area contributed by atoms with Crippen LogP contribution in [0.4, 0.5) is 5.82 Å². The molecule has 23 heavy (non-hydrogen) atoms. The van der Waals surface area contributed by atoms with Crippen molar-refractivity contribution in [2.24, 2.45) is 0 Å². The maximum Gasteiger partial charge on any atom is 0.271 e. The molecule has 122 valence electrons. The van der Waals surface area contributed by atoms with Gasteiger partial charge in [-0.3, -0.25) is 4.79 Å². The number of amides is 1. The van der Waals surface area contributed by atoms with E-state index in [1.165, 1.54) is 11.8 Å². The minimum Gasteiger partial charge on any atom is -0.368 e. The quantitative estimate of drug-likeness (QED) is 0.881. The summed E-state index contributed by atoms with van der Waals surface area (Å²) in [7, 11) is 0. The van der Waals surface area contributed by atoms with E-state index in [9.17, 15) is 4.79 Å². The minimum absolute atomic E-state index is 0.224. The van der Waals surface area contributed by atoms with Crippen molar-refractivity contribution in [3.8, 4) is 0 Å². The van der Waals surface area contributed by atoms with E-state index in [1.54, 1.807) is 6.20 Å². The lowest BCUT2D eigenvalue weighted by Crippen LogP contribution is -2.41. The van der Waals surface area contributed by atoms with Gasteiger partial charge in [0.25, 0.3) is 5.91 Å². The molecule has 0 aliphatic heterocycles. The van der Waals surface area contributed by atoms with E-state index in [0.717, 1.165) is 18.0 Å². The van der Waals surface area contributed by atoms with Gasteiger partial charge in [-0.1, -0.05) is 23.7 Å². The second-order valence-corrected chi connectivity index (χ2v) is 6.73. The smallest absolute Gasteiger partial charge is 0.271 e. The number of carbonyl (C=O) groups excluding carboxylic acids is 1. The van der Waals surface area contributed by atoms with E-state index >= 15 is 0 Å². The van der Waals surface area contributed by atoms with Crippen molar-refractivity contribution in [3.05, 3.63) is 52.9 Å². The van der Waals surface area contributed by atoms with Crippen LogP contribution in [0.5, 0.6) is 0 Å². The molecule has 1 heterocycles. The Labute approximate surface area is 141 Å². The largest absolute Gasteiger partial charge is 0.368 e. The van der Waals surface area contributed by atoms with Crippen LogP contribution in [0, 0.1) is 0 Å². The molecule has 2 rings (SSSR count). The predicted octanol–water partition coefficient (Wildman–Crippen LogP) is 3.31. The van der Waals surface area contributed by atoms with Gasteiger partial charge in [-0.25, -0.2) is 9.97 Å². The monoisotopic (exact) mass is 332 g/mol. The normalized spacial score (nSPS) is 11.1. The topological polar surface area (TPSA) is 66.9 Å². The highest BCUT2D eigenvalue weighted by Crippen LogP contribution is 2.10. The molecule has 0 radical (unpaired) electrons. The average Bonchev–Trinajstić information content (AvgIpc) is 2.48. The Morgan fingerprint density at radius 1 is 1.13 bits per heavy atom. The second-order valence-electron chi connectivity index (χ2n) is 6.29. The molecule has 2 N–H and O–H groups in total. The van der Waals surface area contributed by atoms with Crippen LogP contribution < -0.4 is 10.6 Å². The Kier molecular flexibility index (Phi) is 5.55. The van der Waals surface area contributed by atoms with Gasteiger partial charge >= 0.3 is 0 Å². The zero-order valence-corrected chi connectivity index (χ0v) is 14.3. The van der Waals surface area contributed by atoms with Crippen LogP contribution in [0.1, 0.15) is 36.8 Å². The average molecular weight is 333 g/mol. The fraction of sp³-hybridized carbons (Fsp3) is 0.353. The molecule has 0 aliphatic rings. The Morgan fingerprint density at radius 2 is 1.83 bits per heavy atom. The van der Waals surface area contributed by atoms with Gasteiger partial charge in [-0.2, -0.15) is 0 Å². The third-order valence-corrected chi connectivity index (χ3v) is 3.26. The molecule has 0 aliphatic carbocycles. The molecule has 1 amide bonds. The summed E-state index contributed by atoms with van der Waals surface area (Å²) in [6, 6.07) is 7.74. The summed E-state index contributed by atoms with van der Waals surface area (Å²) >= 11 is 5.86. The molecular formula is C17H21ClN4O. The summed E-state index contributed by atoms with van der Waals surface area (Å²) < 4.78 is 0. The SMILES string of the molecule is CC(C)(C)NC(=O)c1cnc(NCCc2ccc(Cl)cc2)cn1. The van der Waals surface area contributed by atoms with Crippen LogP contribution in [0.3, 0.4) is 0 Å². The maximum atomic E-state index is 12.0. The zero-order valence-electron chi connectivity index (χ0n) is 13.6. The van der Waals surface area contributed by atoms with E-state index in [4.69, 9.17) is 11.6 Å². The summed E-state index contributed by atoms with van der Waals surface area (Å²) in [4.78, 5) is 20.3. The van der Waals surface area contributed by atoms with Crippen molar-refractivity contribution in [1.29, 1.82) is 0 Å². The third kappa shape index (κ3) is 5.87. The first-order chi connectivity index (χ1) is 10.8. The first kappa shape index (κ1) is 17.2. The molecule has 2 aromatic rings. The van der Waals surface area contributed by atoms with Crippen LogP contribution in [-0.4, -0.2) is 28.0 Å². The molecule has 0 unspecified atom stereocenters. The number of anilines is 1. The first-order valence-electron chi connectivity index (χ1n) is 7.46. The van der Waals surface area contributed by atoms with Gasteiger partial charge in [0.05, 0.1) is 12.4 Å². The highest BCUT2D eigenvalue weighted by Gasteiger charge is 2.16. The number of hydrogen-bond acceptors (Lipinski definition) is 4. The minimum atomic E-state index is -0.297. The van der Waals surface area contributed by atoms with Gasteiger partial charge in [0.15, 0.2) is 0 Å². The summed E-state index contributed by atoms with van der Waals surface area (Å²) in [5.74, 6) is 0.420. The van der Waals surface area contributed by atoms with Gasteiger partial charge in [-0.05, 0) is 44.9 Å². The molecule has 0 fully saturated rings. The van der Waals surface area contributed by atoms with Gasteiger partial charge in [-0.15, -0.1) is 0 Å². The summed E-state index contributed by atoms with van der Waals surface area (Å²) in [6.45, 7) is 6.49. The summed E-state index contributed by atoms with van der Waals surface area (Å²) in [5, 5.41) is 6.77. The fourth-order valence-electron chi connectivity index (χ4n) is 1.93. The Morgan fingerprint density at radius 3 is 2.39 bits per heavy atom. The van der Waals surface area contributed by atoms with Crippen LogP contribution in [0.2, 0.25) is 5.02 Å². The van der Waals surface area contributed by atoms with Crippen molar-refractivity contribution < 1.29 is 4.79 Å². The maximum absolute atomic E-state index is 12.0. The Balaban J connectivity index is 1.85. The van der Waals surface area contributed by atoms with E-state index in [1.807, 2.05) is 45.0 Å². The Hall–Kier alpha value is -2.14. The van der Waals surface area contributed by atoms with Gasteiger partial charge in [0.2, 0.25) is 0 Å². The number of benzene rings is 1. The standard InChI is InChI=1S/C17H21ClN4O/c1-17(2,3)22-16(23)14-10-21-15(11-20-14)19-9-8-12-4-6-13(18)7-5-12/h4-7,10-11H,8-9H2,1-3H3,(H,19,21)(H,22,23). The molecule has 0 spiro atoms. The number of halogens is 1. The van der Waals surface area contributed by atoms with Crippen molar-refractivity contribution >= 4 is 23.3 Å². The number of carbonyl (C=O) groups is 1. The molecule has 0 atom stereocenters. The van der Waals surface area contributed by atoms with Gasteiger partial charge < -0.3 is 10.6 Å². The van der Waals surface area contributed by atoms with Crippen LogP contribution in [-0.2, 0) is 6.42 Å². The fourth-order valence-corrected chi connectivity index (χ4v) is 2.05. The molecule has 5 nitrogen and oxygen atoms in total. The number of aromatic nitrogens is 2. The molecular weight excluding hydrogens is 312 g/mol. The lowest BCUT2D eigenvalue weighted by Gasteiger charge is -2.19. The Bertz CT molecular complexity index is 648. The molecule has 1 aromatic carbocycles. The van der Waals surface area contributed by atoms with E-state index < -0.39 is 0 Å². The molecule has 0 saturated carbocycles. The lowest BCUT2D eigenvalue weighted by atomic mass is 10.1. The van der Waals surface area contributed by atoms with Crippen molar-refractivity contribution in [2.45, 2.75) is 32.7 Å². The number of hydrogen-bond donors (Lipinski definition) is 2. The van der Waals surface area contributed by atoms with E-state index in [-0.39, 0.29) is 11.4 Å². The highest BCUT2D eigenvalue weighted by molar-refractivity contribution is 6.30. The number of nitrogens with one attached hydrogen (secondary N) is 2. The van der Waals surface area contributed by atoms with Gasteiger partial charge in [0.1, 0.15) is 11.5 Å². The molecule has 1 aromatic heterocycles. The van der Waals surface area contributed by atoms with Crippen LogP contribution in [0.15, 0.2) is 36.7 Å². The van der Waals surface area contributed by atoms with Crippen molar-refractivity contribution in [2.75, 3.05) is 11.9 Å².